The number of anilines is 1. The molecule has 0 aliphatic rings. The van der Waals surface area contributed by atoms with Crippen LogP contribution < -0.4 is 5.32 Å². The zero-order valence-electron chi connectivity index (χ0n) is 15.1. The van der Waals surface area contributed by atoms with Crippen molar-refractivity contribution in [1.29, 1.82) is 0 Å². The van der Waals surface area contributed by atoms with E-state index in [1.54, 1.807) is 0 Å². The number of aromatic nitrogens is 5. The van der Waals surface area contributed by atoms with Crippen molar-refractivity contribution in [2.24, 2.45) is 7.05 Å². The van der Waals surface area contributed by atoms with Crippen molar-refractivity contribution in [3.8, 4) is 11.4 Å². The third kappa shape index (κ3) is 4.28. The van der Waals surface area contributed by atoms with E-state index in [4.69, 9.17) is 0 Å². The number of hydrogen-bond acceptors (Lipinski definition) is 7. The Morgan fingerprint density at radius 2 is 1.92 bits per heavy atom. The number of amides is 1. The van der Waals surface area contributed by atoms with Crippen LogP contribution in [0.5, 0.6) is 0 Å². The minimum absolute atomic E-state index is 0.142. The lowest BCUT2D eigenvalue weighted by Crippen LogP contribution is -2.14. The SMILES string of the molecule is Cc1nnc(NC(=O)CSc2nnc(-c3ccc(C(C)C)cc3)n2C)s1. The lowest BCUT2D eigenvalue weighted by molar-refractivity contribution is -0.113. The monoisotopic (exact) mass is 388 g/mol. The molecule has 0 unspecified atom stereocenters. The van der Waals surface area contributed by atoms with Crippen LogP contribution in [-0.4, -0.2) is 36.6 Å². The molecule has 136 valence electrons. The maximum absolute atomic E-state index is 12.0. The van der Waals surface area contributed by atoms with E-state index < -0.39 is 0 Å². The van der Waals surface area contributed by atoms with Gasteiger partial charge in [0.25, 0.3) is 0 Å². The highest BCUT2D eigenvalue weighted by Crippen LogP contribution is 2.24. The van der Waals surface area contributed by atoms with Crippen LogP contribution in [0.3, 0.4) is 0 Å². The minimum Gasteiger partial charge on any atom is -0.305 e. The van der Waals surface area contributed by atoms with Crippen LogP contribution in [0.1, 0.15) is 30.3 Å². The lowest BCUT2D eigenvalue weighted by Gasteiger charge is -2.07. The summed E-state index contributed by atoms with van der Waals surface area (Å²) in [5.41, 5.74) is 2.29. The van der Waals surface area contributed by atoms with Gasteiger partial charge in [-0.3, -0.25) is 10.1 Å². The average Bonchev–Trinajstić information content (AvgIpc) is 3.18. The van der Waals surface area contributed by atoms with Gasteiger partial charge in [0, 0.05) is 12.6 Å². The molecule has 0 saturated carbocycles. The van der Waals surface area contributed by atoms with Crippen LogP contribution in [0.15, 0.2) is 29.4 Å². The number of nitrogens with zero attached hydrogens (tertiary/aromatic N) is 5. The van der Waals surface area contributed by atoms with E-state index in [0.717, 1.165) is 16.4 Å². The quantitative estimate of drug-likeness (QED) is 0.651. The summed E-state index contributed by atoms with van der Waals surface area (Å²) < 4.78 is 1.90. The average molecular weight is 389 g/mol. The summed E-state index contributed by atoms with van der Waals surface area (Å²) in [5, 5.41) is 21.0. The number of aryl methyl sites for hydroxylation is 1. The molecule has 1 amide bonds. The summed E-state index contributed by atoms with van der Waals surface area (Å²) in [5.74, 6) is 1.36. The first kappa shape index (κ1) is 18.5. The normalized spacial score (nSPS) is 11.1. The van der Waals surface area contributed by atoms with Crippen molar-refractivity contribution in [1.82, 2.24) is 25.0 Å². The van der Waals surface area contributed by atoms with Crippen LogP contribution in [0.2, 0.25) is 0 Å². The fourth-order valence-electron chi connectivity index (χ4n) is 2.34. The highest BCUT2D eigenvalue weighted by molar-refractivity contribution is 7.99. The van der Waals surface area contributed by atoms with Crippen LogP contribution >= 0.6 is 23.1 Å². The number of hydrogen-bond donors (Lipinski definition) is 1. The smallest absolute Gasteiger partial charge is 0.236 e. The molecule has 0 bridgehead atoms. The Bertz CT molecular complexity index is 900. The summed E-state index contributed by atoms with van der Waals surface area (Å²) in [6.45, 7) is 6.18. The van der Waals surface area contributed by atoms with Crippen molar-refractivity contribution in [3.63, 3.8) is 0 Å². The predicted molar refractivity (Wildman–Crippen MR) is 105 cm³/mol. The molecule has 7 nitrogen and oxygen atoms in total. The summed E-state index contributed by atoms with van der Waals surface area (Å²) >= 11 is 2.69. The van der Waals surface area contributed by atoms with Crippen molar-refractivity contribution in [2.75, 3.05) is 11.1 Å². The van der Waals surface area contributed by atoms with Crippen LogP contribution in [0.4, 0.5) is 5.13 Å². The molecule has 9 heteroatoms. The molecule has 1 aromatic carbocycles. The van der Waals surface area contributed by atoms with Gasteiger partial charge in [-0.25, -0.2) is 0 Å². The molecule has 3 aromatic rings. The van der Waals surface area contributed by atoms with Crippen LogP contribution in [0, 0.1) is 6.92 Å². The van der Waals surface area contributed by atoms with E-state index >= 15 is 0 Å². The third-order valence-electron chi connectivity index (χ3n) is 3.78. The zero-order chi connectivity index (χ0) is 18.7. The van der Waals surface area contributed by atoms with Gasteiger partial charge in [0.05, 0.1) is 5.75 Å². The zero-order valence-corrected chi connectivity index (χ0v) is 16.7. The molecule has 26 heavy (non-hydrogen) atoms. The topological polar surface area (TPSA) is 85.6 Å². The molecular formula is C17H20N6OS2. The highest BCUT2D eigenvalue weighted by Gasteiger charge is 2.14. The second-order valence-electron chi connectivity index (χ2n) is 6.10. The van der Waals surface area contributed by atoms with E-state index in [9.17, 15) is 4.79 Å². The van der Waals surface area contributed by atoms with Gasteiger partial charge in [-0.2, -0.15) is 0 Å². The number of thioether (sulfide) groups is 1. The molecular weight excluding hydrogens is 368 g/mol. The van der Waals surface area contributed by atoms with E-state index in [1.165, 1.54) is 28.7 Å². The number of nitrogens with one attached hydrogen (secondary N) is 1. The number of carbonyl (C=O) groups excluding carboxylic acids is 1. The minimum atomic E-state index is -0.142. The Kier molecular flexibility index (Phi) is 5.67. The van der Waals surface area contributed by atoms with Gasteiger partial charge in [-0.15, -0.1) is 20.4 Å². The molecule has 3 rings (SSSR count). The highest BCUT2D eigenvalue weighted by atomic mass is 32.2. The molecule has 1 N–H and O–H groups in total. The molecule has 2 heterocycles. The predicted octanol–water partition coefficient (Wildman–Crippen LogP) is 3.50. The summed E-state index contributed by atoms with van der Waals surface area (Å²) in [6.07, 6.45) is 0. The molecule has 0 spiro atoms. The summed E-state index contributed by atoms with van der Waals surface area (Å²) in [6, 6.07) is 8.33. The van der Waals surface area contributed by atoms with E-state index in [2.05, 4.69) is 63.8 Å². The van der Waals surface area contributed by atoms with Gasteiger partial charge in [-0.1, -0.05) is 61.2 Å². The maximum Gasteiger partial charge on any atom is 0.236 e. The van der Waals surface area contributed by atoms with Gasteiger partial charge in [-0.05, 0) is 18.4 Å². The Balaban J connectivity index is 1.64. The van der Waals surface area contributed by atoms with Gasteiger partial charge < -0.3 is 4.57 Å². The van der Waals surface area contributed by atoms with Gasteiger partial charge in [0.2, 0.25) is 11.0 Å². The standard InChI is InChI=1S/C17H20N6OS2/c1-10(2)12-5-7-13(8-6-12)15-20-22-17(23(15)4)25-9-14(24)18-16-21-19-11(3)26-16/h5-8,10H,9H2,1-4H3,(H,18,21,24). The van der Waals surface area contributed by atoms with Gasteiger partial charge in [0.1, 0.15) is 5.01 Å². The lowest BCUT2D eigenvalue weighted by atomic mass is 10.0. The van der Waals surface area contributed by atoms with Crippen LogP contribution in [0.25, 0.3) is 11.4 Å². The number of rotatable bonds is 6. The Hall–Kier alpha value is -2.26. The second-order valence-corrected chi connectivity index (χ2v) is 8.23. The van der Waals surface area contributed by atoms with Crippen molar-refractivity contribution < 1.29 is 4.79 Å². The molecule has 0 aliphatic carbocycles. The first-order valence-corrected chi connectivity index (χ1v) is 9.96. The summed E-state index contributed by atoms with van der Waals surface area (Å²) in [7, 11) is 1.90. The first-order chi connectivity index (χ1) is 12.4. The van der Waals surface area contributed by atoms with Gasteiger partial charge in [0.15, 0.2) is 11.0 Å². The maximum atomic E-state index is 12.0. The van der Waals surface area contributed by atoms with Crippen LogP contribution in [-0.2, 0) is 11.8 Å². The third-order valence-corrected chi connectivity index (χ3v) is 5.55. The fourth-order valence-corrected chi connectivity index (χ4v) is 3.66. The number of benzene rings is 1. The van der Waals surface area contributed by atoms with Crippen molar-refractivity contribution in [3.05, 3.63) is 34.8 Å². The molecule has 0 fully saturated rings. The van der Waals surface area contributed by atoms with E-state index in [0.29, 0.717) is 16.2 Å². The van der Waals surface area contributed by atoms with Gasteiger partial charge >= 0.3 is 0 Å². The molecule has 0 atom stereocenters. The fraction of sp³-hybridized carbons (Fsp3) is 0.353. The molecule has 0 aliphatic heterocycles. The van der Waals surface area contributed by atoms with Crippen molar-refractivity contribution >= 4 is 34.1 Å². The largest absolute Gasteiger partial charge is 0.305 e. The second kappa shape index (κ2) is 7.96. The Labute approximate surface area is 160 Å². The van der Waals surface area contributed by atoms with E-state index in [1.807, 2.05) is 18.5 Å². The number of carbonyl (C=O) groups is 1. The molecule has 0 radical (unpaired) electrons. The van der Waals surface area contributed by atoms with E-state index in [-0.39, 0.29) is 11.7 Å². The first-order valence-electron chi connectivity index (χ1n) is 8.16. The Morgan fingerprint density at radius 1 is 1.19 bits per heavy atom. The van der Waals surface area contributed by atoms with Crippen molar-refractivity contribution in [2.45, 2.75) is 31.8 Å². The molecule has 2 aromatic heterocycles. The molecule has 0 saturated heterocycles. The summed E-state index contributed by atoms with van der Waals surface area (Å²) in [4.78, 5) is 12.0. The Morgan fingerprint density at radius 3 is 2.54 bits per heavy atom.